The second-order valence-corrected chi connectivity index (χ2v) is 8.14. The maximum atomic E-state index is 13.4. The maximum absolute atomic E-state index is 13.4. The van der Waals surface area contributed by atoms with Crippen LogP contribution in [0.15, 0.2) is 65.7 Å². The molecule has 3 N–H and O–H groups in total. The first-order chi connectivity index (χ1) is 16.6. The number of hydrogen-bond donors (Lipinski definition) is 2. The van der Waals surface area contributed by atoms with Crippen LogP contribution in [0.4, 0.5) is 10.3 Å². The lowest BCUT2D eigenvalue weighted by molar-refractivity contribution is 0.297. The first-order valence-electron chi connectivity index (χ1n) is 11.0. The van der Waals surface area contributed by atoms with Crippen LogP contribution in [0.5, 0.6) is 17.2 Å². The Labute approximate surface area is 194 Å². The molecule has 0 spiro atoms. The molecular formula is C25H22FN5O3. The van der Waals surface area contributed by atoms with Crippen molar-refractivity contribution < 1.29 is 18.6 Å². The zero-order chi connectivity index (χ0) is 23.1. The fourth-order valence-corrected chi connectivity index (χ4v) is 4.18. The average molecular weight is 459 g/mol. The number of aliphatic imine (C=N–C) groups is 1. The predicted octanol–water partition coefficient (Wildman–Crippen LogP) is 4.20. The van der Waals surface area contributed by atoms with Crippen LogP contribution in [0.3, 0.4) is 0 Å². The minimum atomic E-state index is -0.414. The van der Waals surface area contributed by atoms with Gasteiger partial charge in [-0.05, 0) is 35.4 Å². The van der Waals surface area contributed by atoms with Crippen molar-refractivity contribution in [3.63, 3.8) is 0 Å². The molecule has 6 rings (SSSR count). The van der Waals surface area contributed by atoms with E-state index in [4.69, 9.17) is 24.9 Å². The number of ether oxygens (including phenoxy) is 3. The number of nitrogens with one attached hydrogen (secondary N) is 1. The van der Waals surface area contributed by atoms with Gasteiger partial charge >= 0.3 is 0 Å². The Bertz CT molecular complexity index is 1400. The molecule has 0 saturated heterocycles. The predicted molar refractivity (Wildman–Crippen MR) is 126 cm³/mol. The molecular weight excluding hydrogens is 437 g/mol. The quantitative estimate of drug-likeness (QED) is 0.475. The molecule has 34 heavy (non-hydrogen) atoms. The van der Waals surface area contributed by atoms with E-state index in [-0.39, 0.29) is 18.4 Å². The average Bonchev–Trinajstić information content (AvgIpc) is 3.02. The molecule has 172 valence electrons. The van der Waals surface area contributed by atoms with Gasteiger partial charge < -0.3 is 19.9 Å². The van der Waals surface area contributed by atoms with Gasteiger partial charge in [0.25, 0.3) is 0 Å². The Morgan fingerprint density at radius 2 is 1.85 bits per heavy atom. The highest BCUT2D eigenvalue weighted by atomic mass is 19.1. The van der Waals surface area contributed by atoms with Crippen molar-refractivity contribution in [1.82, 2.24) is 9.55 Å². The summed E-state index contributed by atoms with van der Waals surface area (Å²) in [6.07, 6.45) is 0.416. The molecule has 1 atom stereocenters. The molecule has 4 aromatic rings. The van der Waals surface area contributed by atoms with Crippen molar-refractivity contribution in [1.29, 1.82) is 0 Å². The summed E-state index contributed by atoms with van der Waals surface area (Å²) in [5.74, 6) is 2.65. The molecule has 0 aliphatic carbocycles. The Morgan fingerprint density at radius 3 is 2.65 bits per heavy atom. The van der Waals surface area contributed by atoms with Gasteiger partial charge in [0.1, 0.15) is 18.2 Å². The third-order valence-corrected chi connectivity index (χ3v) is 5.78. The highest BCUT2D eigenvalue weighted by Crippen LogP contribution is 2.39. The number of fused-ring (bicyclic) bond motifs is 4. The second kappa shape index (κ2) is 8.26. The van der Waals surface area contributed by atoms with Crippen molar-refractivity contribution in [2.24, 2.45) is 10.7 Å². The van der Waals surface area contributed by atoms with Crippen molar-refractivity contribution in [2.75, 3.05) is 18.5 Å². The number of imidazole rings is 1. The Morgan fingerprint density at radius 1 is 1.06 bits per heavy atom. The molecule has 1 aromatic heterocycles. The van der Waals surface area contributed by atoms with E-state index in [0.29, 0.717) is 36.4 Å². The minimum Gasteiger partial charge on any atom is -0.489 e. The van der Waals surface area contributed by atoms with Crippen molar-refractivity contribution in [3.8, 4) is 17.2 Å². The van der Waals surface area contributed by atoms with Gasteiger partial charge in [0, 0.05) is 18.6 Å². The van der Waals surface area contributed by atoms with Gasteiger partial charge in [0.15, 0.2) is 23.6 Å². The molecule has 3 heterocycles. The standard InChI is InChI=1S/C25H22FN5O3/c26-17-4-1-3-15(11-17)14-34-18-7-5-16(6-8-18)23-29-24(27)30-25-28-19-12-21-22(13-20(19)31(23)25)33-10-2-9-32-21/h1,3-8,11-13,23H,2,9-10,14H2,(H3,27,28,29,30). The van der Waals surface area contributed by atoms with E-state index in [9.17, 15) is 4.39 Å². The molecule has 3 aromatic carbocycles. The second-order valence-electron chi connectivity index (χ2n) is 8.14. The molecule has 9 heteroatoms. The molecule has 0 saturated carbocycles. The number of halogens is 1. The molecule has 0 fully saturated rings. The first-order valence-corrected chi connectivity index (χ1v) is 11.0. The molecule has 0 radical (unpaired) electrons. The highest BCUT2D eigenvalue weighted by molar-refractivity contribution is 5.95. The number of aromatic nitrogens is 2. The largest absolute Gasteiger partial charge is 0.489 e. The molecule has 0 amide bonds. The first kappa shape index (κ1) is 20.3. The topological polar surface area (TPSA) is 95.9 Å². The zero-order valence-electron chi connectivity index (χ0n) is 18.2. The summed E-state index contributed by atoms with van der Waals surface area (Å²) in [6.45, 7) is 1.49. The maximum Gasteiger partial charge on any atom is 0.212 e. The Balaban J connectivity index is 1.31. The Hall–Kier alpha value is -4.27. The summed E-state index contributed by atoms with van der Waals surface area (Å²) >= 11 is 0. The van der Waals surface area contributed by atoms with Gasteiger partial charge in [0.2, 0.25) is 5.95 Å². The number of nitrogens with two attached hydrogens (primary N) is 1. The summed E-state index contributed by atoms with van der Waals surface area (Å²) in [6, 6.07) is 17.8. The smallest absolute Gasteiger partial charge is 0.212 e. The fraction of sp³-hybridized carbons (Fsp3) is 0.200. The van der Waals surface area contributed by atoms with Gasteiger partial charge in [-0.1, -0.05) is 24.3 Å². The van der Waals surface area contributed by atoms with E-state index in [1.54, 1.807) is 6.07 Å². The van der Waals surface area contributed by atoms with Gasteiger partial charge in [-0.3, -0.25) is 9.88 Å². The normalized spacial score (nSPS) is 16.9. The molecule has 8 nitrogen and oxygen atoms in total. The summed E-state index contributed by atoms with van der Waals surface area (Å²) in [7, 11) is 0. The summed E-state index contributed by atoms with van der Waals surface area (Å²) in [4.78, 5) is 9.34. The lowest BCUT2D eigenvalue weighted by Crippen LogP contribution is -2.31. The van der Waals surface area contributed by atoms with Crippen molar-refractivity contribution >= 4 is 22.9 Å². The van der Waals surface area contributed by atoms with Crippen LogP contribution in [0.2, 0.25) is 0 Å². The van der Waals surface area contributed by atoms with E-state index in [2.05, 4.69) is 10.3 Å². The summed E-state index contributed by atoms with van der Waals surface area (Å²) < 4.78 is 32.9. The van der Waals surface area contributed by atoms with Crippen LogP contribution in [-0.4, -0.2) is 28.7 Å². The number of guanidine groups is 1. The fourth-order valence-electron chi connectivity index (χ4n) is 4.18. The Kier molecular flexibility index (Phi) is 4.94. The molecule has 2 aliphatic rings. The van der Waals surface area contributed by atoms with Crippen molar-refractivity contribution in [2.45, 2.75) is 19.2 Å². The number of rotatable bonds is 4. The number of anilines is 1. The van der Waals surface area contributed by atoms with Crippen LogP contribution in [0.1, 0.15) is 23.7 Å². The van der Waals surface area contributed by atoms with Crippen LogP contribution in [0.25, 0.3) is 11.0 Å². The lowest BCUT2D eigenvalue weighted by atomic mass is 10.1. The van der Waals surface area contributed by atoms with Crippen molar-refractivity contribution in [3.05, 3.63) is 77.6 Å². The SMILES string of the molecule is NC1=NC(c2ccc(OCc3cccc(F)c3)cc2)n2c(nc3cc4c(cc32)OCCCO4)N1. The number of hydrogen-bond acceptors (Lipinski definition) is 7. The van der Waals surface area contributed by atoms with Gasteiger partial charge in [-0.2, -0.15) is 0 Å². The van der Waals surface area contributed by atoms with Gasteiger partial charge in [-0.25, -0.2) is 14.4 Å². The minimum absolute atomic E-state index is 0.277. The van der Waals surface area contributed by atoms with Crippen LogP contribution < -0.4 is 25.3 Å². The highest BCUT2D eigenvalue weighted by Gasteiger charge is 2.27. The number of nitrogens with zero attached hydrogens (tertiary/aromatic N) is 3. The summed E-state index contributed by atoms with van der Waals surface area (Å²) in [5, 5.41) is 3.05. The van der Waals surface area contributed by atoms with Crippen LogP contribution in [0, 0.1) is 5.82 Å². The van der Waals surface area contributed by atoms with Crippen LogP contribution >= 0.6 is 0 Å². The van der Waals surface area contributed by atoms with E-state index in [1.165, 1.54) is 12.1 Å². The zero-order valence-corrected chi connectivity index (χ0v) is 18.2. The third kappa shape index (κ3) is 3.75. The van der Waals surface area contributed by atoms with E-state index >= 15 is 0 Å². The lowest BCUT2D eigenvalue weighted by Gasteiger charge is -2.24. The molecule has 0 bridgehead atoms. The van der Waals surface area contributed by atoms with E-state index in [1.807, 2.05) is 47.0 Å². The monoisotopic (exact) mass is 459 g/mol. The van der Waals surface area contributed by atoms with E-state index in [0.717, 1.165) is 28.6 Å². The molecule has 2 aliphatic heterocycles. The number of benzene rings is 3. The molecule has 1 unspecified atom stereocenters. The van der Waals surface area contributed by atoms with Crippen LogP contribution in [-0.2, 0) is 6.61 Å². The van der Waals surface area contributed by atoms with Gasteiger partial charge in [-0.15, -0.1) is 0 Å². The van der Waals surface area contributed by atoms with Gasteiger partial charge in [0.05, 0.1) is 24.2 Å². The third-order valence-electron chi connectivity index (χ3n) is 5.78. The summed E-state index contributed by atoms with van der Waals surface area (Å²) in [5.41, 5.74) is 9.37. The van der Waals surface area contributed by atoms with E-state index < -0.39 is 6.17 Å².